The van der Waals surface area contributed by atoms with Crippen LogP contribution in [0, 0.1) is 0 Å². The second kappa shape index (κ2) is 4.59. The van der Waals surface area contributed by atoms with Crippen LogP contribution in [0.5, 0.6) is 0 Å². The molecule has 0 saturated carbocycles. The Hall–Kier alpha value is -1.81. The average Bonchev–Trinajstić information content (AvgIpc) is 2.94. The van der Waals surface area contributed by atoms with Gasteiger partial charge in [0, 0.05) is 29.7 Å². The van der Waals surface area contributed by atoms with Crippen LogP contribution >= 0.6 is 0 Å². The van der Waals surface area contributed by atoms with Crippen molar-refractivity contribution in [3.05, 3.63) is 35.5 Å². The molecule has 0 radical (unpaired) electrons. The highest BCUT2D eigenvalue weighted by Crippen LogP contribution is 2.39. The maximum Gasteiger partial charge on any atom is 0.240 e. The fraction of sp³-hybridized carbons (Fsp3) is 0.500. The lowest BCUT2D eigenvalue weighted by Crippen LogP contribution is -2.60. The monoisotopic (exact) mass is 295 g/mol. The molecule has 114 valence electrons. The first-order chi connectivity index (χ1) is 10.8. The number of piperidine rings is 1. The standard InChI is InChI=1S/C18H21N3O/c22-18-15-7-3-4-9-20(15)11-16-17-13(8-10-21(16)18)12-5-1-2-6-14(12)19-17/h1-2,5-6,15-16,19H,3-4,7-11H2/t15-,16-/m0/s1. The van der Waals surface area contributed by atoms with Gasteiger partial charge in [-0.2, -0.15) is 0 Å². The zero-order valence-electron chi connectivity index (χ0n) is 12.7. The SMILES string of the molecule is O=C1[C@@H]2CCCCN2C[C@H]2c3[nH]c4ccccc4c3CCN12. The smallest absolute Gasteiger partial charge is 0.240 e. The van der Waals surface area contributed by atoms with E-state index in [0.717, 1.165) is 32.5 Å². The molecule has 0 spiro atoms. The third-order valence-corrected chi connectivity index (χ3v) is 5.75. The van der Waals surface area contributed by atoms with Crippen LogP contribution in [-0.4, -0.2) is 46.4 Å². The van der Waals surface area contributed by atoms with E-state index in [9.17, 15) is 4.79 Å². The highest BCUT2D eigenvalue weighted by molar-refractivity contribution is 5.87. The first-order valence-corrected chi connectivity index (χ1v) is 8.47. The molecular weight excluding hydrogens is 274 g/mol. The van der Waals surface area contributed by atoms with Crippen molar-refractivity contribution in [2.24, 2.45) is 0 Å². The Balaban J connectivity index is 1.60. The van der Waals surface area contributed by atoms with E-state index in [1.807, 2.05) is 0 Å². The number of nitrogens with one attached hydrogen (secondary N) is 1. The van der Waals surface area contributed by atoms with E-state index in [1.165, 1.54) is 35.0 Å². The quantitative estimate of drug-likeness (QED) is 0.811. The topological polar surface area (TPSA) is 39.3 Å². The lowest BCUT2D eigenvalue weighted by Gasteiger charge is -2.49. The lowest BCUT2D eigenvalue weighted by molar-refractivity contribution is -0.149. The van der Waals surface area contributed by atoms with Crippen LogP contribution in [0.2, 0.25) is 0 Å². The highest BCUT2D eigenvalue weighted by Gasteiger charge is 2.44. The molecule has 5 rings (SSSR count). The van der Waals surface area contributed by atoms with Crippen molar-refractivity contribution in [3.63, 3.8) is 0 Å². The molecule has 2 aromatic rings. The van der Waals surface area contributed by atoms with E-state index in [4.69, 9.17) is 0 Å². The van der Waals surface area contributed by atoms with E-state index >= 15 is 0 Å². The molecule has 0 bridgehead atoms. The summed E-state index contributed by atoms with van der Waals surface area (Å²) in [6.45, 7) is 2.95. The number of benzene rings is 1. The van der Waals surface area contributed by atoms with E-state index in [0.29, 0.717) is 5.91 Å². The van der Waals surface area contributed by atoms with Gasteiger partial charge < -0.3 is 9.88 Å². The van der Waals surface area contributed by atoms with Gasteiger partial charge in [0.15, 0.2) is 0 Å². The van der Waals surface area contributed by atoms with Crippen LogP contribution in [0.15, 0.2) is 24.3 Å². The van der Waals surface area contributed by atoms with Gasteiger partial charge in [0.1, 0.15) is 0 Å². The summed E-state index contributed by atoms with van der Waals surface area (Å²) in [5, 5.41) is 1.34. The molecule has 0 unspecified atom stereocenters. The van der Waals surface area contributed by atoms with Crippen LogP contribution in [0.4, 0.5) is 0 Å². The number of amides is 1. The molecule has 0 aliphatic carbocycles. The van der Waals surface area contributed by atoms with Crippen molar-refractivity contribution in [2.45, 2.75) is 37.8 Å². The molecule has 4 heterocycles. The number of hydrogen-bond donors (Lipinski definition) is 1. The summed E-state index contributed by atoms with van der Waals surface area (Å²) in [5.74, 6) is 0.361. The third kappa shape index (κ3) is 1.64. The van der Waals surface area contributed by atoms with E-state index in [1.54, 1.807) is 0 Å². The van der Waals surface area contributed by atoms with Gasteiger partial charge in [-0.1, -0.05) is 24.6 Å². The minimum absolute atomic E-state index is 0.149. The largest absolute Gasteiger partial charge is 0.356 e. The number of carbonyl (C=O) groups is 1. The van der Waals surface area contributed by atoms with Crippen molar-refractivity contribution < 1.29 is 4.79 Å². The normalized spacial score (nSPS) is 28.4. The molecule has 4 nitrogen and oxygen atoms in total. The minimum atomic E-state index is 0.149. The van der Waals surface area contributed by atoms with Gasteiger partial charge in [-0.3, -0.25) is 9.69 Å². The fourth-order valence-electron chi connectivity index (χ4n) is 4.67. The number of para-hydroxylation sites is 1. The molecule has 1 aromatic carbocycles. The third-order valence-electron chi connectivity index (χ3n) is 5.75. The van der Waals surface area contributed by atoms with Gasteiger partial charge in [-0.25, -0.2) is 0 Å². The number of aromatic amines is 1. The number of hydrogen-bond acceptors (Lipinski definition) is 2. The minimum Gasteiger partial charge on any atom is -0.356 e. The first kappa shape index (κ1) is 12.7. The maximum absolute atomic E-state index is 12.9. The van der Waals surface area contributed by atoms with Crippen molar-refractivity contribution in [3.8, 4) is 0 Å². The second-order valence-corrected chi connectivity index (χ2v) is 6.87. The Morgan fingerprint density at radius 1 is 1.09 bits per heavy atom. The maximum atomic E-state index is 12.9. The molecule has 3 aliphatic rings. The Bertz CT molecular complexity index is 750. The van der Waals surface area contributed by atoms with E-state index in [-0.39, 0.29) is 12.1 Å². The van der Waals surface area contributed by atoms with Gasteiger partial charge in [0.25, 0.3) is 0 Å². The zero-order valence-corrected chi connectivity index (χ0v) is 12.7. The van der Waals surface area contributed by atoms with E-state index in [2.05, 4.69) is 39.0 Å². The summed E-state index contributed by atoms with van der Waals surface area (Å²) in [6, 6.07) is 8.90. The predicted molar refractivity (Wildman–Crippen MR) is 85.7 cm³/mol. The fourth-order valence-corrected chi connectivity index (χ4v) is 4.67. The molecule has 22 heavy (non-hydrogen) atoms. The summed E-state index contributed by atoms with van der Waals surface area (Å²) in [7, 11) is 0. The Kier molecular flexibility index (Phi) is 2.65. The highest BCUT2D eigenvalue weighted by atomic mass is 16.2. The number of nitrogens with zero attached hydrogens (tertiary/aromatic N) is 2. The lowest BCUT2D eigenvalue weighted by atomic mass is 9.90. The summed E-state index contributed by atoms with van der Waals surface area (Å²) in [4.78, 5) is 21.1. The van der Waals surface area contributed by atoms with Crippen molar-refractivity contribution >= 4 is 16.8 Å². The Labute approximate surface area is 130 Å². The van der Waals surface area contributed by atoms with Gasteiger partial charge in [-0.05, 0) is 37.4 Å². The Morgan fingerprint density at radius 2 is 2.00 bits per heavy atom. The predicted octanol–water partition coefficient (Wildman–Crippen LogP) is 2.46. The van der Waals surface area contributed by atoms with Gasteiger partial charge in [0.2, 0.25) is 5.91 Å². The Morgan fingerprint density at radius 3 is 2.95 bits per heavy atom. The van der Waals surface area contributed by atoms with Crippen LogP contribution in [-0.2, 0) is 11.2 Å². The van der Waals surface area contributed by atoms with Gasteiger partial charge in [-0.15, -0.1) is 0 Å². The van der Waals surface area contributed by atoms with Gasteiger partial charge >= 0.3 is 0 Å². The average molecular weight is 295 g/mol. The van der Waals surface area contributed by atoms with Crippen LogP contribution < -0.4 is 0 Å². The second-order valence-electron chi connectivity index (χ2n) is 6.87. The number of rotatable bonds is 0. The van der Waals surface area contributed by atoms with Crippen LogP contribution in [0.25, 0.3) is 10.9 Å². The van der Waals surface area contributed by atoms with Crippen molar-refractivity contribution in [1.29, 1.82) is 0 Å². The van der Waals surface area contributed by atoms with Gasteiger partial charge in [0.05, 0.1) is 12.1 Å². The summed E-state index contributed by atoms with van der Waals surface area (Å²) in [5.41, 5.74) is 3.92. The first-order valence-electron chi connectivity index (χ1n) is 8.47. The number of piperazine rings is 1. The number of fused-ring (bicyclic) bond motifs is 6. The molecular formula is C18H21N3O. The molecule has 1 aromatic heterocycles. The molecule has 1 N–H and O–H groups in total. The summed E-state index contributed by atoms with van der Waals surface area (Å²) >= 11 is 0. The number of carbonyl (C=O) groups excluding carboxylic acids is 1. The molecule has 4 heteroatoms. The molecule has 3 aliphatic heterocycles. The zero-order chi connectivity index (χ0) is 14.7. The van der Waals surface area contributed by atoms with E-state index < -0.39 is 0 Å². The number of H-pyrrole nitrogens is 1. The summed E-state index contributed by atoms with van der Waals surface area (Å²) < 4.78 is 0. The molecule has 2 fully saturated rings. The number of aromatic nitrogens is 1. The van der Waals surface area contributed by atoms with Crippen LogP contribution in [0.3, 0.4) is 0 Å². The van der Waals surface area contributed by atoms with Crippen LogP contribution in [0.1, 0.15) is 36.6 Å². The molecule has 1 amide bonds. The van der Waals surface area contributed by atoms with Crippen molar-refractivity contribution in [1.82, 2.24) is 14.8 Å². The summed E-state index contributed by atoms with van der Waals surface area (Å²) in [6.07, 6.45) is 4.45. The van der Waals surface area contributed by atoms with Crippen molar-refractivity contribution in [2.75, 3.05) is 19.6 Å². The molecule has 2 atom stereocenters. The molecule has 2 saturated heterocycles.